The summed E-state index contributed by atoms with van der Waals surface area (Å²) in [6, 6.07) is 7.85. The van der Waals surface area contributed by atoms with Crippen molar-refractivity contribution in [2.45, 2.75) is 26.2 Å². The number of nitrogens with zero attached hydrogens (tertiary/aromatic N) is 2. The fourth-order valence-corrected chi connectivity index (χ4v) is 2.12. The van der Waals surface area contributed by atoms with Crippen LogP contribution in [0.3, 0.4) is 0 Å². The summed E-state index contributed by atoms with van der Waals surface area (Å²) in [6.07, 6.45) is 1.82. The lowest BCUT2D eigenvalue weighted by Gasteiger charge is -2.20. The Morgan fingerprint density at radius 2 is 1.95 bits per heavy atom. The van der Waals surface area contributed by atoms with Gasteiger partial charge < -0.3 is 15.8 Å². The van der Waals surface area contributed by atoms with E-state index in [4.69, 9.17) is 15.5 Å². The van der Waals surface area contributed by atoms with E-state index >= 15 is 0 Å². The van der Waals surface area contributed by atoms with Crippen LogP contribution in [0.2, 0.25) is 0 Å². The van der Waals surface area contributed by atoms with Crippen molar-refractivity contribution in [3.05, 3.63) is 36.3 Å². The minimum atomic E-state index is -0.122. The van der Waals surface area contributed by atoms with Gasteiger partial charge in [-0.3, -0.25) is 0 Å². The summed E-state index contributed by atoms with van der Waals surface area (Å²) in [4.78, 5) is 9.27. The third-order valence-corrected chi connectivity index (χ3v) is 3.28. The van der Waals surface area contributed by atoms with E-state index in [1.807, 2.05) is 30.5 Å². The van der Waals surface area contributed by atoms with E-state index in [1.54, 1.807) is 7.11 Å². The first-order valence-electron chi connectivity index (χ1n) is 7.42. The highest BCUT2D eigenvalue weighted by Crippen LogP contribution is 2.34. The van der Waals surface area contributed by atoms with Crippen LogP contribution in [0.4, 0.5) is 5.69 Å². The second-order valence-electron chi connectivity index (χ2n) is 6.12. The first kappa shape index (κ1) is 16.2. The molecule has 0 unspecified atom stereocenters. The number of nitrogens with one attached hydrogen (secondary N) is 1. The molecule has 0 atom stereocenters. The zero-order chi connectivity index (χ0) is 16.2. The smallest absolute Gasteiger partial charge is 0.134 e. The van der Waals surface area contributed by atoms with Gasteiger partial charge in [0.15, 0.2) is 0 Å². The molecule has 0 amide bonds. The summed E-state index contributed by atoms with van der Waals surface area (Å²) in [6.45, 7) is 7.51. The average Bonchev–Trinajstić information content (AvgIpc) is 2.51. The molecule has 118 valence electrons. The lowest BCUT2D eigenvalue weighted by molar-refractivity contribution is 0.416. The molecule has 22 heavy (non-hydrogen) atoms. The van der Waals surface area contributed by atoms with E-state index in [2.05, 4.69) is 31.1 Å². The molecule has 0 aliphatic heterocycles. The van der Waals surface area contributed by atoms with Crippen LogP contribution >= 0.6 is 0 Å². The van der Waals surface area contributed by atoms with Crippen LogP contribution in [-0.4, -0.2) is 30.2 Å². The number of para-hydroxylation sites is 1. The van der Waals surface area contributed by atoms with Gasteiger partial charge in [-0.2, -0.15) is 0 Å². The third-order valence-electron chi connectivity index (χ3n) is 3.28. The fraction of sp³-hybridized carbons (Fsp3) is 0.412. The molecule has 0 bridgehead atoms. The summed E-state index contributed by atoms with van der Waals surface area (Å²) in [5.41, 5.74) is 8.12. The van der Waals surface area contributed by atoms with Gasteiger partial charge in [-0.15, -0.1) is 0 Å². The van der Waals surface area contributed by atoms with Crippen molar-refractivity contribution in [3.8, 4) is 17.0 Å². The summed E-state index contributed by atoms with van der Waals surface area (Å²) in [7, 11) is 1.66. The average molecular weight is 300 g/mol. The van der Waals surface area contributed by atoms with Crippen LogP contribution in [0.1, 0.15) is 26.6 Å². The van der Waals surface area contributed by atoms with Gasteiger partial charge in [-0.05, 0) is 12.1 Å². The molecule has 5 heteroatoms. The number of rotatable bonds is 5. The molecule has 1 aromatic carbocycles. The molecule has 2 rings (SSSR count). The van der Waals surface area contributed by atoms with Gasteiger partial charge in [0, 0.05) is 24.1 Å². The number of aromatic nitrogens is 2. The molecule has 0 radical (unpaired) electrons. The topological polar surface area (TPSA) is 73.1 Å². The molecule has 0 aliphatic rings. The maximum atomic E-state index is 5.59. The highest BCUT2D eigenvalue weighted by molar-refractivity contribution is 5.78. The Morgan fingerprint density at radius 3 is 2.59 bits per heavy atom. The molecule has 0 aliphatic carbocycles. The highest BCUT2D eigenvalue weighted by Gasteiger charge is 2.21. The second kappa shape index (κ2) is 6.75. The largest absolute Gasteiger partial charge is 0.496 e. The summed E-state index contributed by atoms with van der Waals surface area (Å²) in [5, 5.41) is 3.29. The van der Waals surface area contributed by atoms with Crippen molar-refractivity contribution in [1.82, 2.24) is 9.97 Å². The van der Waals surface area contributed by atoms with Crippen molar-refractivity contribution in [2.75, 3.05) is 25.5 Å². The molecule has 0 spiro atoms. The number of ether oxygens (including phenoxy) is 1. The van der Waals surface area contributed by atoms with Crippen molar-refractivity contribution in [1.29, 1.82) is 0 Å². The monoisotopic (exact) mass is 300 g/mol. The second-order valence-corrected chi connectivity index (χ2v) is 6.12. The summed E-state index contributed by atoms with van der Waals surface area (Å²) < 4.78 is 5.47. The summed E-state index contributed by atoms with van der Waals surface area (Å²) >= 11 is 0. The standard InChI is InChI=1S/C17H24N4O/c1-17(2,3)16-20-11-13(19-10-9-18)15(21-16)12-7-5-6-8-14(12)22-4/h5-8,11,19H,9-10,18H2,1-4H3. The number of hydrogen-bond acceptors (Lipinski definition) is 5. The fourth-order valence-electron chi connectivity index (χ4n) is 2.12. The Labute approximate surface area is 131 Å². The zero-order valence-electron chi connectivity index (χ0n) is 13.7. The molecule has 0 saturated heterocycles. The van der Waals surface area contributed by atoms with Gasteiger partial charge in [0.1, 0.15) is 17.3 Å². The van der Waals surface area contributed by atoms with E-state index in [0.717, 1.165) is 28.5 Å². The van der Waals surface area contributed by atoms with Crippen molar-refractivity contribution in [2.24, 2.45) is 5.73 Å². The molecule has 1 aromatic heterocycles. The SMILES string of the molecule is COc1ccccc1-c1nc(C(C)(C)C)ncc1NCCN. The predicted molar refractivity (Wildman–Crippen MR) is 90.3 cm³/mol. The number of benzene rings is 1. The molecular formula is C17H24N4O. The minimum absolute atomic E-state index is 0.122. The third kappa shape index (κ3) is 3.54. The van der Waals surface area contributed by atoms with Gasteiger partial charge >= 0.3 is 0 Å². The molecule has 0 fully saturated rings. The minimum Gasteiger partial charge on any atom is -0.496 e. The van der Waals surface area contributed by atoms with Gasteiger partial charge in [0.05, 0.1) is 19.0 Å². The number of hydrogen-bond donors (Lipinski definition) is 2. The Morgan fingerprint density at radius 1 is 1.23 bits per heavy atom. The normalized spacial score (nSPS) is 11.3. The van der Waals surface area contributed by atoms with E-state index in [9.17, 15) is 0 Å². The van der Waals surface area contributed by atoms with Gasteiger partial charge in [-0.25, -0.2) is 9.97 Å². The van der Waals surface area contributed by atoms with Crippen molar-refractivity contribution >= 4 is 5.69 Å². The Balaban J connectivity index is 2.58. The molecule has 2 aromatic rings. The number of anilines is 1. The molecule has 1 heterocycles. The van der Waals surface area contributed by atoms with E-state index in [-0.39, 0.29) is 5.41 Å². The van der Waals surface area contributed by atoms with Gasteiger partial charge in [-0.1, -0.05) is 32.9 Å². The zero-order valence-corrected chi connectivity index (χ0v) is 13.7. The number of methoxy groups -OCH3 is 1. The van der Waals surface area contributed by atoms with Crippen molar-refractivity contribution in [3.63, 3.8) is 0 Å². The predicted octanol–water partition coefficient (Wildman–Crippen LogP) is 2.82. The van der Waals surface area contributed by atoms with Crippen LogP contribution in [-0.2, 0) is 5.41 Å². The highest BCUT2D eigenvalue weighted by atomic mass is 16.5. The van der Waals surface area contributed by atoms with Crippen LogP contribution in [0, 0.1) is 0 Å². The van der Waals surface area contributed by atoms with E-state index < -0.39 is 0 Å². The Kier molecular flexibility index (Phi) is 4.98. The quantitative estimate of drug-likeness (QED) is 0.888. The van der Waals surface area contributed by atoms with Crippen LogP contribution in [0.25, 0.3) is 11.3 Å². The maximum absolute atomic E-state index is 5.59. The Bertz CT molecular complexity index is 635. The first-order chi connectivity index (χ1) is 10.5. The van der Waals surface area contributed by atoms with Gasteiger partial charge in [0.25, 0.3) is 0 Å². The number of nitrogens with two attached hydrogens (primary N) is 1. The molecular weight excluding hydrogens is 276 g/mol. The molecule has 5 nitrogen and oxygen atoms in total. The molecule has 3 N–H and O–H groups in total. The van der Waals surface area contributed by atoms with E-state index in [1.165, 1.54) is 0 Å². The lowest BCUT2D eigenvalue weighted by Crippen LogP contribution is -2.19. The van der Waals surface area contributed by atoms with Crippen LogP contribution in [0.15, 0.2) is 30.5 Å². The Hall–Kier alpha value is -2.14. The van der Waals surface area contributed by atoms with Gasteiger partial charge in [0.2, 0.25) is 0 Å². The summed E-state index contributed by atoms with van der Waals surface area (Å²) in [5.74, 6) is 1.59. The molecule has 0 saturated carbocycles. The van der Waals surface area contributed by atoms with E-state index in [0.29, 0.717) is 13.1 Å². The maximum Gasteiger partial charge on any atom is 0.134 e. The van der Waals surface area contributed by atoms with Crippen LogP contribution in [0.5, 0.6) is 5.75 Å². The van der Waals surface area contributed by atoms with Crippen LogP contribution < -0.4 is 15.8 Å². The van der Waals surface area contributed by atoms with Crippen molar-refractivity contribution < 1.29 is 4.74 Å². The first-order valence-corrected chi connectivity index (χ1v) is 7.42. The lowest BCUT2D eigenvalue weighted by atomic mass is 9.95.